The Morgan fingerprint density at radius 1 is 0.920 bits per heavy atom. The van der Waals surface area contributed by atoms with Gasteiger partial charge in [-0.15, -0.1) is 24.8 Å². The van der Waals surface area contributed by atoms with Crippen LogP contribution in [0, 0.1) is 0 Å². The van der Waals surface area contributed by atoms with Gasteiger partial charge in [0.15, 0.2) is 0 Å². The van der Waals surface area contributed by atoms with Gasteiger partial charge in [0.2, 0.25) is 11.8 Å². The summed E-state index contributed by atoms with van der Waals surface area (Å²) < 4.78 is 5.36. The van der Waals surface area contributed by atoms with Crippen molar-refractivity contribution in [1.82, 2.24) is 20.0 Å². The fourth-order valence-electron chi connectivity index (χ4n) is 3.51. The molecule has 7 nitrogen and oxygen atoms in total. The van der Waals surface area contributed by atoms with Crippen molar-refractivity contribution in [2.45, 2.75) is 25.3 Å². The van der Waals surface area contributed by atoms with E-state index in [2.05, 4.69) is 10.2 Å². The van der Waals surface area contributed by atoms with Crippen molar-refractivity contribution in [3.63, 3.8) is 0 Å². The third-order valence-electron chi connectivity index (χ3n) is 4.97. The zero-order chi connectivity index (χ0) is 16.1. The maximum Gasteiger partial charge on any atom is 0.242 e. The standard InChI is InChI=1S/C16H28N4O3.2ClH/c21-15(19-5-2-1-3-6-19)12-18-7-9-20(10-8-18)16(22)14-13-23-11-4-17-14;;/h14,17H,1-13H2;2*1H. The quantitative estimate of drug-likeness (QED) is 0.725. The number of morpholine rings is 1. The van der Waals surface area contributed by atoms with Gasteiger partial charge in [-0.2, -0.15) is 0 Å². The second kappa shape index (κ2) is 11.2. The highest BCUT2D eigenvalue weighted by atomic mass is 35.5. The van der Waals surface area contributed by atoms with Crippen molar-refractivity contribution in [3.8, 4) is 0 Å². The van der Waals surface area contributed by atoms with E-state index in [1.54, 1.807) is 0 Å². The molecular formula is C16H30Cl2N4O3. The second-order valence-electron chi connectivity index (χ2n) is 6.62. The van der Waals surface area contributed by atoms with Crippen molar-refractivity contribution >= 4 is 36.6 Å². The molecule has 0 spiro atoms. The van der Waals surface area contributed by atoms with Gasteiger partial charge in [0.05, 0.1) is 19.8 Å². The number of carbonyl (C=O) groups is 2. The Balaban J connectivity index is 0.00000156. The molecule has 1 unspecified atom stereocenters. The fraction of sp³-hybridized carbons (Fsp3) is 0.875. The molecule has 146 valence electrons. The number of hydrogen-bond donors (Lipinski definition) is 1. The number of likely N-dealkylation sites (tertiary alicyclic amines) is 1. The van der Waals surface area contributed by atoms with Gasteiger partial charge in [-0.1, -0.05) is 0 Å². The third kappa shape index (κ3) is 6.25. The van der Waals surface area contributed by atoms with E-state index in [0.29, 0.717) is 32.8 Å². The van der Waals surface area contributed by atoms with Crippen LogP contribution in [0.4, 0.5) is 0 Å². The molecule has 3 heterocycles. The van der Waals surface area contributed by atoms with Crippen LogP contribution in [0.3, 0.4) is 0 Å². The molecule has 3 rings (SSSR count). The zero-order valence-corrected chi connectivity index (χ0v) is 16.3. The molecule has 0 aromatic rings. The van der Waals surface area contributed by atoms with E-state index in [1.165, 1.54) is 6.42 Å². The molecule has 1 N–H and O–H groups in total. The van der Waals surface area contributed by atoms with Gasteiger partial charge < -0.3 is 19.9 Å². The van der Waals surface area contributed by atoms with Crippen LogP contribution in [0.25, 0.3) is 0 Å². The van der Waals surface area contributed by atoms with Crippen LogP contribution < -0.4 is 5.32 Å². The summed E-state index contributed by atoms with van der Waals surface area (Å²) in [6.07, 6.45) is 3.50. The number of piperazine rings is 1. The second-order valence-corrected chi connectivity index (χ2v) is 6.62. The molecular weight excluding hydrogens is 367 g/mol. The first kappa shape index (κ1) is 22.4. The SMILES string of the molecule is Cl.Cl.O=C(CN1CCN(C(=O)C2COCCN2)CC1)N1CCCCC1. The van der Waals surface area contributed by atoms with Crippen LogP contribution in [0.15, 0.2) is 0 Å². The number of amides is 2. The van der Waals surface area contributed by atoms with Crippen LogP contribution in [-0.4, -0.2) is 98.1 Å². The minimum atomic E-state index is -0.203. The maximum absolute atomic E-state index is 12.4. The van der Waals surface area contributed by atoms with Crippen molar-refractivity contribution in [1.29, 1.82) is 0 Å². The van der Waals surface area contributed by atoms with E-state index in [-0.39, 0.29) is 42.7 Å². The molecule has 0 aromatic heterocycles. The van der Waals surface area contributed by atoms with Gasteiger partial charge in [0.1, 0.15) is 6.04 Å². The Hall–Kier alpha value is -0.600. The highest BCUT2D eigenvalue weighted by Crippen LogP contribution is 2.11. The minimum Gasteiger partial charge on any atom is -0.378 e. The number of carbonyl (C=O) groups excluding carboxylic acids is 2. The summed E-state index contributed by atoms with van der Waals surface area (Å²) in [4.78, 5) is 30.8. The number of piperidine rings is 1. The monoisotopic (exact) mass is 396 g/mol. The molecule has 0 aromatic carbocycles. The normalized spacial score (nSPS) is 24.9. The molecule has 3 saturated heterocycles. The average Bonchev–Trinajstić information content (AvgIpc) is 2.63. The number of rotatable bonds is 3. The van der Waals surface area contributed by atoms with E-state index in [9.17, 15) is 9.59 Å². The number of nitrogens with zero attached hydrogens (tertiary/aromatic N) is 3. The molecule has 0 aliphatic carbocycles. The maximum atomic E-state index is 12.4. The van der Waals surface area contributed by atoms with Crippen LogP contribution in [-0.2, 0) is 14.3 Å². The van der Waals surface area contributed by atoms with Gasteiger partial charge in [-0.05, 0) is 19.3 Å². The summed E-state index contributed by atoms with van der Waals surface area (Å²) in [6.45, 7) is 7.14. The van der Waals surface area contributed by atoms with Gasteiger partial charge in [0.25, 0.3) is 0 Å². The number of ether oxygens (including phenoxy) is 1. The van der Waals surface area contributed by atoms with Crippen LogP contribution in [0.2, 0.25) is 0 Å². The molecule has 3 aliphatic rings. The van der Waals surface area contributed by atoms with E-state index in [0.717, 1.165) is 45.6 Å². The number of halogens is 2. The zero-order valence-electron chi connectivity index (χ0n) is 14.7. The number of nitrogens with one attached hydrogen (secondary N) is 1. The van der Waals surface area contributed by atoms with Crippen LogP contribution in [0.1, 0.15) is 19.3 Å². The summed E-state index contributed by atoms with van der Waals surface area (Å²) in [6, 6.07) is -0.203. The summed E-state index contributed by atoms with van der Waals surface area (Å²) in [5.74, 6) is 0.374. The highest BCUT2D eigenvalue weighted by Gasteiger charge is 2.29. The molecule has 9 heteroatoms. The first-order chi connectivity index (χ1) is 11.2. The Kier molecular flexibility index (Phi) is 10.0. The van der Waals surface area contributed by atoms with Crippen molar-refractivity contribution < 1.29 is 14.3 Å². The molecule has 2 amide bonds. The first-order valence-corrected chi connectivity index (χ1v) is 8.84. The fourth-order valence-corrected chi connectivity index (χ4v) is 3.51. The Bertz CT molecular complexity index is 422. The molecule has 0 radical (unpaired) electrons. The molecule has 1 atom stereocenters. The minimum absolute atomic E-state index is 0. The van der Waals surface area contributed by atoms with Crippen LogP contribution in [0.5, 0.6) is 0 Å². The van der Waals surface area contributed by atoms with Crippen molar-refractivity contribution in [3.05, 3.63) is 0 Å². The van der Waals surface area contributed by atoms with Gasteiger partial charge in [0, 0.05) is 45.8 Å². The lowest BCUT2D eigenvalue weighted by Crippen LogP contribution is -2.58. The molecule has 0 bridgehead atoms. The van der Waals surface area contributed by atoms with Crippen molar-refractivity contribution in [2.75, 3.05) is 65.6 Å². The lowest BCUT2D eigenvalue weighted by molar-refractivity contribution is -0.139. The number of hydrogen-bond acceptors (Lipinski definition) is 5. The van der Waals surface area contributed by atoms with Crippen molar-refractivity contribution in [2.24, 2.45) is 0 Å². The Morgan fingerprint density at radius 2 is 1.60 bits per heavy atom. The van der Waals surface area contributed by atoms with E-state index < -0.39 is 0 Å². The van der Waals surface area contributed by atoms with E-state index in [4.69, 9.17) is 4.74 Å². The van der Waals surface area contributed by atoms with E-state index >= 15 is 0 Å². The van der Waals surface area contributed by atoms with Gasteiger partial charge in [-0.3, -0.25) is 14.5 Å². The lowest BCUT2D eigenvalue weighted by atomic mass is 10.1. The average molecular weight is 397 g/mol. The topological polar surface area (TPSA) is 65.1 Å². The molecule has 3 aliphatic heterocycles. The Morgan fingerprint density at radius 3 is 2.20 bits per heavy atom. The summed E-state index contributed by atoms with van der Waals surface area (Å²) >= 11 is 0. The Labute approximate surface area is 162 Å². The van der Waals surface area contributed by atoms with E-state index in [1.807, 2.05) is 9.80 Å². The smallest absolute Gasteiger partial charge is 0.242 e. The van der Waals surface area contributed by atoms with Gasteiger partial charge in [-0.25, -0.2) is 0 Å². The summed E-state index contributed by atoms with van der Waals surface area (Å²) in [5.41, 5.74) is 0. The molecule has 3 fully saturated rings. The lowest BCUT2D eigenvalue weighted by Gasteiger charge is -2.38. The predicted molar refractivity (Wildman–Crippen MR) is 101 cm³/mol. The van der Waals surface area contributed by atoms with Crippen LogP contribution >= 0.6 is 24.8 Å². The highest BCUT2D eigenvalue weighted by molar-refractivity contribution is 5.85. The molecule has 0 saturated carbocycles. The summed E-state index contributed by atoms with van der Waals surface area (Å²) in [7, 11) is 0. The molecule has 25 heavy (non-hydrogen) atoms. The predicted octanol–water partition coefficient (Wildman–Crippen LogP) is -0.0249. The largest absolute Gasteiger partial charge is 0.378 e. The first-order valence-electron chi connectivity index (χ1n) is 8.84. The van der Waals surface area contributed by atoms with Gasteiger partial charge >= 0.3 is 0 Å². The third-order valence-corrected chi connectivity index (χ3v) is 4.97. The summed E-state index contributed by atoms with van der Waals surface area (Å²) in [5, 5.41) is 3.21.